The fourth-order valence-corrected chi connectivity index (χ4v) is 4.36. The molecule has 0 aliphatic rings. The minimum atomic E-state index is -0.394. The largest absolute Gasteiger partial charge is 0.493 e. The normalized spacial score (nSPS) is 10.8. The van der Waals surface area contributed by atoms with Crippen molar-refractivity contribution in [3.8, 4) is 17.2 Å². The molecular weight excluding hydrogens is 564 g/mol. The van der Waals surface area contributed by atoms with E-state index < -0.39 is 5.91 Å². The topological polar surface area (TPSA) is 69.2 Å². The van der Waals surface area contributed by atoms with Crippen molar-refractivity contribution in [2.24, 2.45) is 5.10 Å². The Labute approximate surface area is 207 Å². The molecule has 0 atom stereocenters. The van der Waals surface area contributed by atoms with Gasteiger partial charge in [0.15, 0.2) is 11.5 Å². The van der Waals surface area contributed by atoms with E-state index in [0.717, 1.165) is 14.5 Å². The second kappa shape index (κ2) is 11.4. The van der Waals surface area contributed by atoms with Crippen LogP contribution in [-0.4, -0.2) is 26.3 Å². The summed E-state index contributed by atoms with van der Waals surface area (Å²) in [7, 11) is 3.04. The van der Waals surface area contributed by atoms with Crippen molar-refractivity contribution in [3.63, 3.8) is 0 Å². The van der Waals surface area contributed by atoms with Gasteiger partial charge >= 0.3 is 0 Å². The molecule has 3 aromatic rings. The van der Waals surface area contributed by atoms with Gasteiger partial charge in [-0.05, 0) is 52.3 Å². The number of methoxy groups -OCH3 is 2. The third-order valence-electron chi connectivity index (χ3n) is 4.38. The maximum atomic E-state index is 12.5. The average molecular weight is 583 g/mol. The monoisotopic (exact) mass is 580 g/mol. The Balaban J connectivity index is 1.76. The Kier molecular flexibility index (Phi) is 8.55. The van der Waals surface area contributed by atoms with Crippen LogP contribution in [0.5, 0.6) is 17.2 Å². The quantitative estimate of drug-likeness (QED) is 0.253. The highest BCUT2D eigenvalue weighted by molar-refractivity contribution is 9.11. The number of amides is 1. The Morgan fingerprint density at radius 1 is 1.06 bits per heavy atom. The molecule has 0 saturated heterocycles. The highest BCUT2D eigenvalue weighted by atomic mass is 79.9. The van der Waals surface area contributed by atoms with Gasteiger partial charge in [0.2, 0.25) is 0 Å². The molecule has 0 aliphatic heterocycles. The summed E-state index contributed by atoms with van der Waals surface area (Å²) in [5.74, 6) is 1.16. The molecule has 0 radical (unpaired) electrons. The van der Waals surface area contributed by atoms with Crippen LogP contribution < -0.4 is 19.6 Å². The van der Waals surface area contributed by atoms with Gasteiger partial charge in [-0.3, -0.25) is 4.79 Å². The van der Waals surface area contributed by atoms with Crippen LogP contribution in [0.1, 0.15) is 21.5 Å². The summed E-state index contributed by atoms with van der Waals surface area (Å²) in [5.41, 5.74) is 4.41. The number of nitrogens with one attached hydrogen (secondary N) is 1. The van der Waals surface area contributed by atoms with E-state index in [9.17, 15) is 4.79 Å². The number of halogens is 3. The van der Waals surface area contributed by atoms with Gasteiger partial charge in [0, 0.05) is 26.2 Å². The Hall–Kier alpha value is -2.55. The maximum absolute atomic E-state index is 12.5. The molecule has 0 fully saturated rings. The fraction of sp³-hybridized carbons (Fsp3) is 0.130. The van der Waals surface area contributed by atoms with E-state index in [4.69, 9.17) is 25.8 Å². The fourth-order valence-electron chi connectivity index (χ4n) is 2.80. The van der Waals surface area contributed by atoms with Crippen molar-refractivity contribution in [2.75, 3.05) is 14.2 Å². The standard InChI is InChI=1S/C23H19Br2ClN2O4/c1-30-20-8-7-14(10-21(20)31-2)23(29)28-27-12-16-9-17(24)11-18(25)22(16)32-13-15-5-3-4-6-19(15)26/h3-12H,13H2,1-2H3,(H,28,29)/b27-12+. The van der Waals surface area contributed by atoms with Crippen LogP contribution in [0.25, 0.3) is 0 Å². The van der Waals surface area contributed by atoms with E-state index >= 15 is 0 Å². The Bertz CT molecular complexity index is 1150. The van der Waals surface area contributed by atoms with Gasteiger partial charge in [0.05, 0.1) is 24.9 Å². The molecule has 0 unspecified atom stereocenters. The van der Waals surface area contributed by atoms with Gasteiger partial charge < -0.3 is 14.2 Å². The lowest BCUT2D eigenvalue weighted by molar-refractivity contribution is 0.0954. The first-order valence-corrected chi connectivity index (χ1v) is 11.3. The lowest BCUT2D eigenvalue weighted by Crippen LogP contribution is -2.17. The summed E-state index contributed by atoms with van der Waals surface area (Å²) in [4.78, 5) is 12.5. The molecule has 32 heavy (non-hydrogen) atoms. The molecule has 1 N–H and O–H groups in total. The zero-order valence-electron chi connectivity index (χ0n) is 17.2. The number of carbonyl (C=O) groups is 1. The van der Waals surface area contributed by atoms with Crippen LogP contribution >= 0.6 is 43.5 Å². The molecule has 0 spiro atoms. The van der Waals surface area contributed by atoms with Crippen molar-refractivity contribution >= 4 is 55.6 Å². The van der Waals surface area contributed by atoms with Gasteiger partial charge in [-0.2, -0.15) is 5.10 Å². The second-order valence-electron chi connectivity index (χ2n) is 6.45. The van der Waals surface area contributed by atoms with Crippen LogP contribution in [0, 0.1) is 0 Å². The van der Waals surface area contributed by atoms with E-state index in [-0.39, 0.29) is 6.61 Å². The molecule has 0 saturated carbocycles. The van der Waals surface area contributed by atoms with Crippen molar-refractivity contribution in [1.29, 1.82) is 0 Å². The highest BCUT2D eigenvalue weighted by Crippen LogP contribution is 2.33. The molecule has 0 bridgehead atoms. The molecule has 166 valence electrons. The third kappa shape index (κ3) is 6.03. The van der Waals surface area contributed by atoms with Crippen LogP contribution in [0.15, 0.2) is 68.6 Å². The van der Waals surface area contributed by atoms with Crippen molar-refractivity contribution in [2.45, 2.75) is 6.61 Å². The van der Waals surface area contributed by atoms with Crippen LogP contribution in [0.2, 0.25) is 5.02 Å². The van der Waals surface area contributed by atoms with E-state index in [1.54, 1.807) is 18.2 Å². The van der Waals surface area contributed by atoms with Crippen molar-refractivity contribution in [3.05, 3.63) is 85.3 Å². The van der Waals surface area contributed by atoms with Crippen molar-refractivity contribution in [1.82, 2.24) is 5.43 Å². The van der Waals surface area contributed by atoms with Crippen molar-refractivity contribution < 1.29 is 19.0 Å². The van der Waals surface area contributed by atoms with Gasteiger partial charge in [0.25, 0.3) is 5.91 Å². The number of rotatable bonds is 8. The smallest absolute Gasteiger partial charge is 0.271 e. The number of carbonyl (C=O) groups excluding carboxylic acids is 1. The molecule has 0 aliphatic carbocycles. The van der Waals surface area contributed by atoms with Gasteiger partial charge in [-0.1, -0.05) is 45.7 Å². The predicted octanol–water partition coefficient (Wildman–Crippen LogP) is 6.23. The number of hydrogen-bond acceptors (Lipinski definition) is 5. The number of hydrogen-bond donors (Lipinski definition) is 1. The van der Waals surface area contributed by atoms with Crippen LogP contribution in [-0.2, 0) is 6.61 Å². The molecule has 3 aromatic carbocycles. The van der Waals surface area contributed by atoms with E-state index in [0.29, 0.717) is 33.4 Å². The van der Waals surface area contributed by atoms with Gasteiger partial charge in [0.1, 0.15) is 12.4 Å². The first-order chi connectivity index (χ1) is 15.4. The second-order valence-corrected chi connectivity index (χ2v) is 8.63. The Morgan fingerprint density at radius 3 is 2.53 bits per heavy atom. The lowest BCUT2D eigenvalue weighted by Gasteiger charge is -2.13. The average Bonchev–Trinajstić information content (AvgIpc) is 2.78. The minimum Gasteiger partial charge on any atom is -0.493 e. The molecule has 6 nitrogen and oxygen atoms in total. The molecule has 3 rings (SSSR count). The first kappa shape index (κ1) is 24.1. The number of hydrazone groups is 1. The highest BCUT2D eigenvalue weighted by Gasteiger charge is 2.12. The molecule has 1 amide bonds. The molecule has 0 heterocycles. The number of nitrogens with zero attached hydrogens (tertiary/aromatic N) is 1. The van der Waals surface area contributed by atoms with Crippen LogP contribution in [0.4, 0.5) is 0 Å². The summed E-state index contributed by atoms with van der Waals surface area (Å²) in [5, 5.41) is 4.71. The maximum Gasteiger partial charge on any atom is 0.271 e. The number of ether oxygens (including phenoxy) is 3. The number of benzene rings is 3. The van der Waals surface area contributed by atoms with E-state index in [2.05, 4.69) is 42.4 Å². The van der Waals surface area contributed by atoms with Gasteiger partial charge in [-0.25, -0.2) is 5.43 Å². The Morgan fingerprint density at radius 2 is 1.81 bits per heavy atom. The molecular formula is C23H19Br2ClN2O4. The summed E-state index contributed by atoms with van der Waals surface area (Å²) in [6.07, 6.45) is 1.51. The summed E-state index contributed by atoms with van der Waals surface area (Å²) in [6, 6.07) is 16.0. The first-order valence-electron chi connectivity index (χ1n) is 9.33. The predicted molar refractivity (Wildman–Crippen MR) is 132 cm³/mol. The third-order valence-corrected chi connectivity index (χ3v) is 5.80. The van der Waals surface area contributed by atoms with Crippen LogP contribution in [0.3, 0.4) is 0 Å². The minimum absolute atomic E-state index is 0.277. The molecule has 0 aromatic heterocycles. The summed E-state index contributed by atoms with van der Waals surface area (Å²) < 4.78 is 18.0. The molecule has 9 heteroatoms. The summed E-state index contributed by atoms with van der Waals surface area (Å²) >= 11 is 13.2. The summed E-state index contributed by atoms with van der Waals surface area (Å²) in [6.45, 7) is 0.277. The van der Waals surface area contributed by atoms with E-state index in [1.807, 2.05) is 36.4 Å². The lowest BCUT2D eigenvalue weighted by atomic mass is 10.2. The SMILES string of the molecule is COc1ccc(C(=O)N/N=C/c2cc(Br)cc(Br)c2OCc2ccccc2Cl)cc1OC. The zero-order chi connectivity index (χ0) is 23.1. The van der Waals surface area contributed by atoms with E-state index in [1.165, 1.54) is 20.4 Å². The zero-order valence-corrected chi connectivity index (χ0v) is 21.1. The van der Waals surface area contributed by atoms with Gasteiger partial charge in [-0.15, -0.1) is 0 Å².